The molecule has 3 atom stereocenters. The number of hydrogen-bond donors (Lipinski definition) is 1. The van der Waals surface area contributed by atoms with Gasteiger partial charge in [0, 0.05) is 25.7 Å². The molecule has 0 aliphatic carbocycles. The standard InChI is InChI=1S/C14H21FN2/c1-10-8-17(9-11(10)2)14(7-16)12-3-5-13(15)6-4-12/h3-6,10-11,14H,7-9,16H2,1-2H3. The normalized spacial score (nSPS) is 27.3. The fraction of sp³-hybridized carbons (Fsp3) is 0.571. The Morgan fingerprint density at radius 1 is 1.24 bits per heavy atom. The molecule has 1 aliphatic rings. The minimum Gasteiger partial charge on any atom is -0.329 e. The van der Waals surface area contributed by atoms with Crippen molar-refractivity contribution in [3.8, 4) is 0 Å². The van der Waals surface area contributed by atoms with Crippen LogP contribution in [0.1, 0.15) is 25.5 Å². The van der Waals surface area contributed by atoms with Crippen LogP contribution in [0.25, 0.3) is 0 Å². The van der Waals surface area contributed by atoms with Gasteiger partial charge in [0.2, 0.25) is 0 Å². The first-order valence-electron chi connectivity index (χ1n) is 6.31. The van der Waals surface area contributed by atoms with Crippen LogP contribution in [-0.2, 0) is 0 Å². The maximum absolute atomic E-state index is 12.9. The molecule has 0 spiro atoms. The van der Waals surface area contributed by atoms with Crippen molar-refractivity contribution in [2.45, 2.75) is 19.9 Å². The van der Waals surface area contributed by atoms with Crippen molar-refractivity contribution < 1.29 is 4.39 Å². The van der Waals surface area contributed by atoms with Crippen molar-refractivity contribution in [3.63, 3.8) is 0 Å². The lowest BCUT2D eigenvalue weighted by Gasteiger charge is -2.27. The molecule has 0 bridgehead atoms. The first-order chi connectivity index (χ1) is 8.11. The SMILES string of the molecule is CC1CN(C(CN)c2ccc(F)cc2)CC1C. The monoisotopic (exact) mass is 236 g/mol. The molecule has 2 rings (SSSR count). The molecular formula is C14H21FN2. The van der Waals surface area contributed by atoms with Crippen LogP contribution >= 0.6 is 0 Å². The van der Waals surface area contributed by atoms with Crippen LogP contribution in [0, 0.1) is 17.7 Å². The van der Waals surface area contributed by atoms with Gasteiger partial charge < -0.3 is 5.73 Å². The highest BCUT2D eigenvalue weighted by Crippen LogP contribution is 2.30. The third kappa shape index (κ3) is 2.67. The van der Waals surface area contributed by atoms with Gasteiger partial charge in [0.25, 0.3) is 0 Å². The van der Waals surface area contributed by atoms with E-state index >= 15 is 0 Å². The Hall–Kier alpha value is -0.930. The quantitative estimate of drug-likeness (QED) is 0.873. The van der Waals surface area contributed by atoms with E-state index in [-0.39, 0.29) is 11.9 Å². The van der Waals surface area contributed by atoms with Crippen molar-refractivity contribution in [2.24, 2.45) is 17.6 Å². The van der Waals surface area contributed by atoms with E-state index in [9.17, 15) is 4.39 Å². The Morgan fingerprint density at radius 2 is 1.76 bits per heavy atom. The van der Waals surface area contributed by atoms with E-state index < -0.39 is 0 Å². The van der Waals surface area contributed by atoms with E-state index in [4.69, 9.17) is 5.73 Å². The van der Waals surface area contributed by atoms with Gasteiger partial charge in [0.1, 0.15) is 5.82 Å². The number of benzene rings is 1. The van der Waals surface area contributed by atoms with E-state index in [0.29, 0.717) is 18.4 Å². The molecule has 0 radical (unpaired) electrons. The molecule has 1 fully saturated rings. The van der Waals surface area contributed by atoms with E-state index in [1.807, 2.05) is 12.1 Å². The van der Waals surface area contributed by atoms with Gasteiger partial charge in [-0.25, -0.2) is 4.39 Å². The van der Waals surface area contributed by atoms with Crippen LogP contribution in [0.5, 0.6) is 0 Å². The maximum atomic E-state index is 12.9. The van der Waals surface area contributed by atoms with Gasteiger partial charge in [-0.05, 0) is 29.5 Å². The molecule has 3 unspecified atom stereocenters. The first kappa shape index (κ1) is 12.5. The number of likely N-dealkylation sites (tertiary alicyclic amines) is 1. The highest BCUT2D eigenvalue weighted by Gasteiger charge is 2.30. The van der Waals surface area contributed by atoms with Crippen molar-refractivity contribution in [1.29, 1.82) is 0 Å². The lowest BCUT2D eigenvalue weighted by atomic mass is 10.0. The molecule has 17 heavy (non-hydrogen) atoms. The smallest absolute Gasteiger partial charge is 0.123 e. The van der Waals surface area contributed by atoms with Crippen LogP contribution < -0.4 is 5.73 Å². The molecule has 2 nitrogen and oxygen atoms in total. The lowest BCUT2D eigenvalue weighted by Crippen LogP contribution is -2.32. The summed E-state index contributed by atoms with van der Waals surface area (Å²) in [6.45, 7) is 7.32. The molecule has 0 aromatic heterocycles. The van der Waals surface area contributed by atoms with E-state index in [1.165, 1.54) is 12.1 Å². The highest BCUT2D eigenvalue weighted by molar-refractivity contribution is 5.20. The second kappa shape index (κ2) is 5.15. The number of hydrogen-bond acceptors (Lipinski definition) is 2. The van der Waals surface area contributed by atoms with Crippen LogP contribution in [0.2, 0.25) is 0 Å². The third-order valence-electron chi connectivity index (χ3n) is 3.94. The number of nitrogens with two attached hydrogens (primary N) is 1. The summed E-state index contributed by atoms with van der Waals surface area (Å²) in [5, 5.41) is 0. The van der Waals surface area contributed by atoms with Gasteiger partial charge in [-0.15, -0.1) is 0 Å². The molecule has 1 heterocycles. The van der Waals surface area contributed by atoms with Gasteiger partial charge in [0.15, 0.2) is 0 Å². The fourth-order valence-corrected chi connectivity index (χ4v) is 2.61. The lowest BCUT2D eigenvalue weighted by molar-refractivity contribution is 0.240. The third-order valence-corrected chi connectivity index (χ3v) is 3.94. The summed E-state index contributed by atoms with van der Waals surface area (Å²) < 4.78 is 12.9. The molecule has 0 amide bonds. The Morgan fingerprint density at radius 3 is 2.24 bits per heavy atom. The Balaban J connectivity index is 2.14. The van der Waals surface area contributed by atoms with Crippen LogP contribution in [-0.4, -0.2) is 24.5 Å². The van der Waals surface area contributed by atoms with Crippen molar-refractivity contribution >= 4 is 0 Å². The molecule has 1 saturated heterocycles. The Kier molecular flexibility index (Phi) is 3.79. The summed E-state index contributed by atoms with van der Waals surface area (Å²) in [4.78, 5) is 2.42. The summed E-state index contributed by atoms with van der Waals surface area (Å²) in [6, 6.07) is 6.95. The number of nitrogens with zero attached hydrogens (tertiary/aromatic N) is 1. The highest BCUT2D eigenvalue weighted by atomic mass is 19.1. The predicted molar refractivity (Wildman–Crippen MR) is 68.1 cm³/mol. The molecule has 2 N–H and O–H groups in total. The molecule has 0 saturated carbocycles. The number of halogens is 1. The fourth-order valence-electron chi connectivity index (χ4n) is 2.61. The average molecular weight is 236 g/mol. The largest absolute Gasteiger partial charge is 0.329 e. The van der Waals surface area contributed by atoms with Crippen LogP contribution in [0.15, 0.2) is 24.3 Å². The summed E-state index contributed by atoms with van der Waals surface area (Å²) >= 11 is 0. The van der Waals surface area contributed by atoms with E-state index in [1.54, 1.807) is 0 Å². The zero-order chi connectivity index (χ0) is 12.4. The Bertz CT molecular complexity index is 353. The Labute approximate surface area is 103 Å². The van der Waals surface area contributed by atoms with Crippen LogP contribution in [0.3, 0.4) is 0 Å². The topological polar surface area (TPSA) is 29.3 Å². The number of rotatable bonds is 3. The first-order valence-corrected chi connectivity index (χ1v) is 6.31. The summed E-state index contributed by atoms with van der Waals surface area (Å²) in [5.74, 6) is 1.24. The predicted octanol–water partition coefficient (Wildman–Crippen LogP) is 2.41. The van der Waals surface area contributed by atoms with Gasteiger partial charge in [0.05, 0.1) is 0 Å². The molecule has 1 aliphatic heterocycles. The van der Waals surface area contributed by atoms with Gasteiger partial charge in [-0.1, -0.05) is 26.0 Å². The van der Waals surface area contributed by atoms with Gasteiger partial charge in [-0.3, -0.25) is 4.90 Å². The minimum absolute atomic E-state index is 0.187. The van der Waals surface area contributed by atoms with Gasteiger partial charge >= 0.3 is 0 Å². The second-order valence-corrected chi connectivity index (χ2v) is 5.21. The van der Waals surface area contributed by atoms with Crippen molar-refractivity contribution in [1.82, 2.24) is 4.90 Å². The van der Waals surface area contributed by atoms with E-state index in [0.717, 1.165) is 18.7 Å². The molecule has 1 aromatic carbocycles. The summed E-state index contributed by atoms with van der Waals surface area (Å²) in [6.07, 6.45) is 0. The van der Waals surface area contributed by atoms with Crippen molar-refractivity contribution in [3.05, 3.63) is 35.6 Å². The van der Waals surface area contributed by atoms with Gasteiger partial charge in [-0.2, -0.15) is 0 Å². The van der Waals surface area contributed by atoms with Crippen molar-refractivity contribution in [2.75, 3.05) is 19.6 Å². The van der Waals surface area contributed by atoms with E-state index in [2.05, 4.69) is 18.7 Å². The zero-order valence-electron chi connectivity index (χ0n) is 10.6. The molecular weight excluding hydrogens is 215 g/mol. The van der Waals surface area contributed by atoms with Crippen LogP contribution in [0.4, 0.5) is 4.39 Å². The second-order valence-electron chi connectivity index (χ2n) is 5.21. The molecule has 94 valence electrons. The summed E-state index contributed by atoms with van der Waals surface area (Å²) in [7, 11) is 0. The minimum atomic E-state index is -0.187. The molecule has 3 heteroatoms. The maximum Gasteiger partial charge on any atom is 0.123 e. The zero-order valence-corrected chi connectivity index (χ0v) is 10.6. The average Bonchev–Trinajstić information content (AvgIpc) is 2.63. The summed E-state index contributed by atoms with van der Waals surface area (Å²) in [5.41, 5.74) is 7.00. The molecule has 1 aromatic rings.